The summed E-state index contributed by atoms with van der Waals surface area (Å²) in [6.07, 6.45) is 17.0. The molecule has 7 atom stereocenters. The van der Waals surface area contributed by atoms with Crippen molar-refractivity contribution in [1.82, 2.24) is 0 Å². The Morgan fingerprint density at radius 3 is 2.86 bits per heavy atom. The number of nitrogens with zero attached hydrogens (tertiary/aromatic N) is 1. The third-order valence-electron chi connectivity index (χ3n) is 8.62. The van der Waals surface area contributed by atoms with Gasteiger partial charge >= 0.3 is 0 Å². The molecular weight excluding hydrogens is 550 g/mol. The summed E-state index contributed by atoms with van der Waals surface area (Å²) in [5.74, 6) is -2.20. The van der Waals surface area contributed by atoms with Crippen LogP contribution >= 0.6 is 0 Å². The van der Waals surface area contributed by atoms with Crippen LogP contribution in [0.2, 0.25) is 0 Å². The lowest BCUT2D eigenvalue weighted by Gasteiger charge is -2.50. The Hall–Kier alpha value is -2.56. The molecule has 238 valence electrons. The lowest BCUT2D eigenvalue weighted by atomic mass is 9.82. The Kier molecular flexibility index (Phi) is 11.6. The number of hydrogen-bond donors (Lipinski definition) is 2. The molecule has 3 aliphatic heterocycles. The van der Waals surface area contributed by atoms with Crippen molar-refractivity contribution in [3.8, 4) is 0 Å². The highest BCUT2D eigenvalue weighted by Crippen LogP contribution is 2.44. The first-order chi connectivity index (χ1) is 20.5. The Morgan fingerprint density at radius 2 is 2.12 bits per heavy atom. The predicted molar refractivity (Wildman–Crippen MR) is 164 cm³/mol. The number of allylic oxidation sites excluding steroid dienone is 6. The van der Waals surface area contributed by atoms with Crippen molar-refractivity contribution in [3.63, 3.8) is 0 Å². The van der Waals surface area contributed by atoms with Crippen LogP contribution < -0.4 is 0 Å². The lowest BCUT2D eigenvalue weighted by molar-refractivity contribution is -0.387. The van der Waals surface area contributed by atoms with E-state index in [9.17, 15) is 15.0 Å². The molecule has 0 aromatic rings. The van der Waals surface area contributed by atoms with Crippen LogP contribution in [0.5, 0.6) is 0 Å². The number of carbonyl (C=O) groups is 1. The van der Waals surface area contributed by atoms with E-state index in [1.807, 2.05) is 26.0 Å². The number of hydrogen-bond acceptors (Lipinski definition) is 9. The van der Waals surface area contributed by atoms with Crippen molar-refractivity contribution < 1.29 is 38.8 Å². The van der Waals surface area contributed by atoms with E-state index in [4.69, 9.17) is 23.8 Å². The SMILES string of the molecule is CO/N=C1/CC(/C=C/C(C)C)O[C@]2(C1)C[C@@H](OC=O)CC(O)(C/C=C(\C)CC/C=C/C=C1\COC3C1CC=C(C)[C@H]3O)O2. The van der Waals surface area contributed by atoms with Gasteiger partial charge in [0.1, 0.15) is 19.3 Å². The van der Waals surface area contributed by atoms with Crippen molar-refractivity contribution in [1.29, 1.82) is 0 Å². The van der Waals surface area contributed by atoms with Gasteiger partial charge in [0, 0.05) is 38.0 Å². The molecule has 1 aliphatic carbocycles. The molecule has 0 aromatic heterocycles. The number of aliphatic hydroxyl groups is 2. The van der Waals surface area contributed by atoms with Gasteiger partial charge in [0.05, 0.1) is 24.5 Å². The number of aliphatic hydroxyl groups excluding tert-OH is 1. The van der Waals surface area contributed by atoms with Crippen LogP contribution in [0.15, 0.2) is 64.4 Å². The Bertz CT molecular complexity index is 1150. The Balaban J connectivity index is 1.37. The van der Waals surface area contributed by atoms with Gasteiger partial charge in [0.25, 0.3) is 6.47 Å². The van der Waals surface area contributed by atoms with Crippen molar-refractivity contribution in [2.45, 2.75) is 115 Å². The fourth-order valence-electron chi connectivity index (χ4n) is 6.43. The standard InChI is InChI=1S/C34H49NO8/c1-23(2)11-13-28-17-27(35-39-5)18-34(42-28)20-29(41-22-36)19-33(38,43-34)16-15-24(3)9-7-6-8-10-26-21-40-32-30(26)14-12-25(4)31(32)37/h6,8,10-13,15,22-23,28-32,37-38H,7,9,14,16-21H2,1-5H3/b8-6+,13-11+,24-15+,26-10+,35-27-/t28?,29-,30?,31+,32?,33?,34-/m0/s1. The van der Waals surface area contributed by atoms with Gasteiger partial charge in [-0.2, -0.15) is 0 Å². The predicted octanol–water partition coefficient (Wildman–Crippen LogP) is 5.44. The maximum atomic E-state index is 11.6. The van der Waals surface area contributed by atoms with E-state index < -0.39 is 23.8 Å². The van der Waals surface area contributed by atoms with Crippen LogP contribution in [0.4, 0.5) is 0 Å². The molecular formula is C34H49NO8. The molecule has 0 saturated carbocycles. The van der Waals surface area contributed by atoms with Crippen LogP contribution in [0.3, 0.4) is 0 Å². The van der Waals surface area contributed by atoms with E-state index in [1.54, 1.807) is 0 Å². The highest BCUT2D eigenvalue weighted by atomic mass is 16.8. The molecule has 4 rings (SSSR count). The summed E-state index contributed by atoms with van der Waals surface area (Å²) in [6.45, 7) is 9.14. The Labute approximate surface area is 255 Å². The molecule has 43 heavy (non-hydrogen) atoms. The molecule has 2 N–H and O–H groups in total. The van der Waals surface area contributed by atoms with Gasteiger partial charge in [0.2, 0.25) is 0 Å². The number of carbonyl (C=O) groups excluding carboxylic acids is 1. The van der Waals surface area contributed by atoms with Gasteiger partial charge in [-0.1, -0.05) is 67.1 Å². The normalized spacial score (nSPS) is 37.1. The van der Waals surface area contributed by atoms with Crippen molar-refractivity contribution in [2.75, 3.05) is 13.7 Å². The first-order valence-electron chi connectivity index (χ1n) is 15.5. The monoisotopic (exact) mass is 599 g/mol. The van der Waals surface area contributed by atoms with Crippen molar-refractivity contribution in [3.05, 3.63) is 59.3 Å². The van der Waals surface area contributed by atoms with Crippen LogP contribution in [0.25, 0.3) is 0 Å². The molecule has 4 unspecified atom stereocenters. The zero-order chi connectivity index (χ0) is 31.0. The van der Waals surface area contributed by atoms with Crippen molar-refractivity contribution in [2.24, 2.45) is 17.0 Å². The van der Waals surface area contributed by atoms with E-state index in [-0.39, 0.29) is 37.4 Å². The van der Waals surface area contributed by atoms with Gasteiger partial charge < -0.3 is 34.0 Å². The van der Waals surface area contributed by atoms with E-state index in [0.717, 1.165) is 36.1 Å². The fraction of sp³-hybridized carbons (Fsp3) is 0.647. The van der Waals surface area contributed by atoms with Crippen LogP contribution in [0.1, 0.15) is 79.1 Å². The molecule has 1 spiro atoms. The second-order valence-electron chi connectivity index (χ2n) is 12.7. The minimum Gasteiger partial charge on any atom is -0.464 e. The topological polar surface area (TPSA) is 116 Å². The van der Waals surface area contributed by atoms with Gasteiger partial charge in [-0.05, 0) is 50.2 Å². The van der Waals surface area contributed by atoms with Crippen molar-refractivity contribution >= 4 is 12.2 Å². The van der Waals surface area contributed by atoms with Crippen LogP contribution in [0, 0.1) is 11.8 Å². The number of fused-ring (bicyclic) bond motifs is 1. The van der Waals surface area contributed by atoms with E-state index in [2.05, 4.69) is 49.4 Å². The number of ether oxygens (including phenoxy) is 4. The smallest absolute Gasteiger partial charge is 0.293 e. The largest absolute Gasteiger partial charge is 0.464 e. The summed E-state index contributed by atoms with van der Waals surface area (Å²) >= 11 is 0. The molecule has 0 aromatic carbocycles. The average Bonchev–Trinajstić information content (AvgIpc) is 3.36. The summed E-state index contributed by atoms with van der Waals surface area (Å²) in [4.78, 5) is 16.4. The molecule has 0 bridgehead atoms. The first kappa shape index (κ1) is 33.3. The Morgan fingerprint density at radius 1 is 1.30 bits per heavy atom. The molecule has 3 fully saturated rings. The maximum absolute atomic E-state index is 11.6. The van der Waals surface area contributed by atoms with E-state index in [1.165, 1.54) is 12.7 Å². The molecule has 3 heterocycles. The molecule has 0 radical (unpaired) electrons. The zero-order valence-corrected chi connectivity index (χ0v) is 26.2. The van der Waals surface area contributed by atoms with Gasteiger partial charge in [-0.3, -0.25) is 4.79 Å². The van der Waals surface area contributed by atoms with Crippen LogP contribution in [-0.2, 0) is 28.6 Å². The van der Waals surface area contributed by atoms with Gasteiger partial charge in [-0.15, -0.1) is 0 Å². The number of rotatable bonds is 11. The summed E-state index contributed by atoms with van der Waals surface area (Å²) in [6, 6.07) is 0. The summed E-state index contributed by atoms with van der Waals surface area (Å²) < 4.78 is 24.0. The average molecular weight is 600 g/mol. The molecule has 9 heteroatoms. The fourth-order valence-corrected chi connectivity index (χ4v) is 6.43. The second kappa shape index (κ2) is 14.9. The minimum absolute atomic E-state index is 0.140. The summed E-state index contributed by atoms with van der Waals surface area (Å²) in [7, 11) is 1.50. The summed E-state index contributed by atoms with van der Waals surface area (Å²) in [5, 5.41) is 26.2. The highest BCUT2D eigenvalue weighted by molar-refractivity contribution is 5.86. The first-order valence-corrected chi connectivity index (χ1v) is 15.5. The third kappa shape index (κ3) is 8.99. The van der Waals surface area contributed by atoms with E-state index in [0.29, 0.717) is 31.8 Å². The second-order valence-corrected chi connectivity index (χ2v) is 12.7. The zero-order valence-electron chi connectivity index (χ0n) is 26.2. The molecule has 3 saturated heterocycles. The van der Waals surface area contributed by atoms with Crippen LogP contribution in [-0.4, -0.2) is 72.1 Å². The molecule has 9 nitrogen and oxygen atoms in total. The molecule has 4 aliphatic rings. The third-order valence-corrected chi connectivity index (χ3v) is 8.62. The van der Waals surface area contributed by atoms with Gasteiger partial charge in [0.15, 0.2) is 11.6 Å². The minimum atomic E-state index is -1.58. The summed E-state index contributed by atoms with van der Waals surface area (Å²) in [5.41, 5.74) is 4.09. The lowest BCUT2D eigenvalue weighted by Crippen LogP contribution is -2.58. The quantitative estimate of drug-likeness (QED) is 0.183. The maximum Gasteiger partial charge on any atom is 0.293 e. The molecule has 0 amide bonds. The number of oxime groups is 1. The van der Waals surface area contributed by atoms with Gasteiger partial charge in [-0.25, -0.2) is 0 Å². The highest BCUT2D eigenvalue weighted by Gasteiger charge is 2.53. The van der Waals surface area contributed by atoms with E-state index >= 15 is 0 Å².